The maximum atomic E-state index is 5.08. The Hall–Kier alpha value is -2.52. The lowest BCUT2D eigenvalue weighted by molar-refractivity contribution is 0.216. The number of para-hydroxylation sites is 1. The number of hydrogen-bond acceptors (Lipinski definition) is 3. The summed E-state index contributed by atoms with van der Waals surface area (Å²) in [7, 11) is 0. The highest BCUT2D eigenvalue weighted by molar-refractivity contribution is 5.80. The first-order valence-electron chi connectivity index (χ1n) is 12.5. The fraction of sp³-hybridized carbons (Fsp3) is 0.467. The van der Waals surface area contributed by atoms with E-state index in [9.17, 15) is 0 Å². The van der Waals surface area contributed by atoms with Crippen LogP contribution in [-0.2, 0) is 24.8 Å². The van der Waals surface area contributed by atoms with Gasteiger partial charge in [-0.05, 0) is 67.3 Å². The first kappa shape index (κ1) is 23.6. The van der Waals surface area contributed by atoms with Gasteiger partial charge in [-0.2, -0.15) is 0 Å². The number of fused-ring (bicyclic) bond motifs is 1. The molecule has 3 aromatic rings. The maximum absolute atomic E-state index is 5.08. The highest BCUT2D eigenvalue weighted by atomic mass is 15.1. The molecule has 1 aliphatic heterocycles. The van der Waals surface area contributed by atoms with Gasteiger partial charge in [0.05, 0.1) is 17.8 Å². The Morgan fingerprint density at radius 2 is 1.76 bits per heavy atom. The number of hydrogen-bond donors (Lipinski definition) is 0. The number of benzene rings is 2. The lowest BCUT2D eigenvalue weighted by Crippen LogP contribution is -2.30. The molecule has 4 rings (SSSR count). The van der Waals surface area contributed by atoms with E-state index in [4.69, 9.17) is 9.97 Å². The van der Waals surface area contributed by atoms with Crippen LogP contribution in [0.5, 0.6) is 0 Å². The molecule has 2 aromatic carbocycles. The molecular weight excluding hydrogens is 402 g/mol. The molecule has 3 heteroatoms. The van der Waals surface area contributed by atoms with E-state index >= 15 is 0 Å². The van der Waals surface area contributed by atoms with Crippen LogP contribution in [0, 0.1) is 5.92 Å². The Bertz CT molecular complexity index is 1100. The van der Waals surface area contributed by atoms with E-state index in [1.165, 1.54) is 41.3 Å². The van der Waals surface area contributed by atoms with Crippen LogP contribution in [0.1, 0.15) is 69.6 Å². The van der Waals surface area contributed by atoms with E-state index < -0.39 is 0 Å². The van der Waals surface area contributed by atoms with Gasteiger partial charge < -0.3 is 0 Å². The van der Waals surface area contributed by atoms with Crippen LogP contribution in [0.4, 0.5) is 0 Å². The van der Waals surface area contributed by atoms with Crippen molar-refractivity contribution in [3.8, 4) is 0 Å². The second-order valence-corrected chi connectivity index (χ2v) is 10.8. The van der Waals surface area contributed by atoms with Crippen LogP contribution in [0.3, 0.4) is 0 Å². The van der Waals surface area contributed by atoms with E-state index in [0.717, 1.165) is 49.5 Å². The topological polar surface area (TPSA) is 29.0 Å². The van der Waals surface area contributed by atoms with Crippen LogP contribution < -0.4 is 0 Å². The summed E-state index contributed by atoms with van der Waals surface area (Å²) in [5.74, 6) is 1.31. The first-order valence-corrected chi connectivity index (χ1v) is 12.5. The molecule has 1 aliphatic rings. The lowest BCUT2D eigenvalue weighted by atomic mass is 9.84. The molecule has 1 saturated heterocycles. The van der Waals surface area contributed by atoms with Crippen LogP contribution in [0.25, 0.3) is 10.9 Å². The summed E-state index contributed by atoms with van der Waals surface area (Å²) in [6, 6.07) is 17.4. The van der Waals surface area contributed by atoms with Crippen LogP contribution in [0.15, 0.2) is 60.7 Å². The molecule has 1 atom stereocenters. The molecule has 3 nitrogen and oxygen atoms in total. The molecule has 0 radical (unpaired) electrons. The minimum Gasteiger partial charge on any atom is -0.296 e. The third-order valence-corrected chi connectivity index (χ3v) is 6.96. The fourth-order valence-corrected chi connectivity index (χ4v) is 4.76. The van der Waals surface area contributed by atoms with Gasteiger partial charge in [0.1, 0.15) is 5.82 Å². The molecular formula is C30H39N3. The predicted octanol–water partition coefficient (Wildman–Crippen LogP) is 6.89. The third-order valence-electron chi connectivity index (χ3n) is 6.96. The van der Waals surface area contributed by atoms with Gasteiger partial charge in [-0.3, -0.25) is 4.90 Å². The Morgan fingerprint density at radius 1 is 1.00 bits per heavy atom. The molecule has 0 bridgehead atoms. The van der Waals surface area contributed by atoms with Crippen molar-refractivity contribution in [1.82, 2.24) is 14.9 Å². The highest BCUT2D eigenvalue weighted by Crippen LogP contribution is 2.27. The molecule has 174 valence electrons. The standard InChI is InChI=1S/C30H39N3/c1-22(18-24-12-11-13-25(20-24)30(3,4)5)23(2)19-28-26-14-7-8-15-27(26)31-29(32-28)21-33-16-9-6-10-17-33/h7-8,11-15,20,23H,1,6,9-10,16-19,21H2,2-5H3. The quantitative estimate of drug-likeness (QED) is 0.374. The van der Waals surface area contributed by atoms with Crippen molar-refractivity contribution in [2.75, 3.05) is 13.1 Å². The monoisotopic (exact) mass is 441 g/mol. The van der Waals surface area contributed by atoms with Gasteiger partial charge in [0.15, 0.2) is 0 Å². The van der Waals surface area contributed by atoms with Crippen molar-refractivity contribution in [2.24, 2.45) is 5.92 Å². The zero-order valence-corrected chi connectivity index (χ0v) is 20.9. The average Bonchev–Trinajstić information content (AvgIpc) is 2.79. The smallest absolute Gasteiger partial charge is 0.143 e. The van der Waals surface area contributed by atoms with Gasteiger partial charge in [0, 0.05) is 5.39 Å². The van der Waals surface area contributed by atoms with Gasteiger partial charge in [0.25, 0.3) is 0 Å². The van der Waals surface area contributed by atoms with Gasteiger partial charge in [-0.15, -0.1) is 0 Å². The zero-order chi connectivity index (χ0) is 23.4. The summed E-state index contributed by atoms with van der Waals surface area (Å²) < 4.78 is 0. The molecule has 33 heavy (non-hydrogen) atoms. The molecule has 1 unspecified atom stereocenters. The predicted molar refractivity (Wildman–Crippen MR) is 140 cm³/mol. The van der Waals surface area contributed by atoms with E-state index in [2.05, 4.69) is 87.7 Å². The molecule has 1 fully saturated rings. The van der Waals surface area contributed by atoms with Crippen LogP contribution in [0.2, 0.25) is 0 Å². The van der Waals surface area contributed by atoms with Crippen LogP contribution in [-0.4, -0.2) is 28.0 Å². The van der Waals surface area contributed by atoms with Crippen molar-refractivity contribution in [1.29, 1.82) is 0 Å². The molecule has 2 heterocycles. The molecule has 1 aromatic heterocycles. The Kier molecular flexibility index (Phi) is 7.29. The fourth-order valence-electron chi connectivity index (χ4n) is 4.76. The second kappa shape index (κ2) is 10.2. The number of allylic oxidation sites excluding steroid dienone is 1. The largest absolute Gasteiger partial charge is 0.296 e. The van der Waals surface area contributed by atoms with Crippen molar-refractivity contribution in [2.45, 2.75) is 71.8 Å². The van der Waals surface area contributed by atoms with E-state index in [0.29, 0.717) is 5.92 Å². The van der Waals surface area contributed by atoms with Gasteiger partial charge in [-0.1, -0.05) is 88.7 Å². The Morgan fingerprint density at radius 3 is 2.52 bits per heavy atom. The molecule has 0 N–H and O–H groups in total. The number of rotatable bonds is 7. The zero-order valence-electron chi connectivity index (χ0n) is 20.9. The van der Waals surface area contributed by atoms with E-state index in [1.54, 1.807) is 0 Å². The summed E-state index contributed by atoms with van der Waals surface area (Å²) in [4.78, 5) is 12.5. The normalized spacial score (nSPS) is 16.1. The maximum Gasteiger partial charge on any atom is 0.143 e. The lowest BCUT2D eigenvalue weighted by Gasteiger charge is -2.26. The Labute approximate surface area is 200 Å². The minimum absolute atomic E-state index is 0.160. The van der Waals surface area contributed by atoms with E-state index in [1.807, 2.05) is 0 Å². The third kappa shape index (κ3) is 6.09. The van der Waals surface area contributed by atoms with Gasteiger partial charge >= 0.3 is 0 Å². The number of aromatic nitrogens is 2. The van der Waals surface area contributed by atoms with Crippen molar-refractivity contribution >= 4 is 10.9 Å². The van der Waals surface area contributed by atoms with Crippen molar-refractivity contribution < 1.29 is 0 Å². The summed E-state index contributed by atoms with van der Waals surface area (Å²) in [5.41, 5.74) is 6.37. The van der Waals surface area contributed by atoms with E-state index in [-0.39, 0.29) is 5.41 Å². The van der Waals surface area contributed by atoms with Crippen molar-refractivity contribution in [3.05, 3.63) is 83.3 Å². The minimum atomic E-state index is 0.160. The molecule has 0 aliphatic carbocycles. The molecule has 0 amide bonds. The summed E-state index contributed by atoms with van der Waals surface area (Å²) in [5, 5.41) is 1.18. The van der Waals surface area contributed by atoms with Gasteiger partial charge in [-0.25, -0.2) is 9.97 Å². The van der Waals surface area contributed by atoms with Crippen molar-refractivity contribution in [3.63, 3.8) is 0 Å². The number of likely N-dealkylation sites (tertiary alicyclic amines) is 1. The number of nitrogens with zero attached hydrogens (tertiary/aromatic N) is 3. The Balaban J connectivity index is 1.51. The summed E-state index contributed by atoms with van der Waals surface area (Å²) in [6.45, 7) is 16.8. The van der Waals surface area contributed by atoms with Crippen LogP contribution >= 0.6 is 0 Å². The number of piperidine rings is 1. The molecule has 0 saturated carbocycles. The SMILES string of the molecule is C=C(Cc1cccc(C(C)(C)C)c1)C(C)Cc1nc(CN2CCCCC2)nc2ccccc12. The highest BCUT2D eigenvalue weighted by Gasteiger charge is 2.18. The summed E-state index contributed by atoms with van der Waals surface area (Å²) in [6.07, 6.45) is 5.72. The molecule has 0 spiro atoms. The summed E-state index contributed by atoms with van der Waals surface area (Å²) >= 11 is 0. The van der Waals surface area contributed by atoms with Gasteiger partial charge in [0.2, 0.25) is 0 Å². The first-order chi connectivity index (χ1) is 15.8. The average molecular weight is 442 g/mol. The second-order valence-electron chi connectivity index (χ2n) is 10.8.